The van der Waals surface area contributed by atoms with Crippen LogP contribution >= 0.6 is 0 Å². The minimum atomic E-state index is -0.829. The molecule has 0 radical (unpaired) electrons. The number of aliphatic carboxylic acids is 1. The van der Waals surface area contributed by atoms with Gasteiger partial charge in [-0.1, -0.05) is 6.42 Å². The summed E-state index contributed by atoms with van der Waals surface area (Å²) in [6, 6.07) is 0. The fourth-order valence-corrected chi connectivity index (χ4v) is 2.48. The Bertz CT molecular complexity index is 372. The summed E-state index contributed by atoms with van der Waals surface area (Å²) >= 11 is 0. The lowest BCUT2D eigenvalue weighted by Crippen LogP contribution is -2.37. The zero-order valence-corrected chi connectivity index (χ0v) is 12.4. The first kappa shape index (κ1) is 17.4. The van der Waals surface area contributed by atoms with Crippen LogP contribution in [0.2, 0.25) is 0 Å². The van der Waals surface area contributed by atoms with Crippen LogP contribution in [0.25, 0.3) is 0 Å². The number of carboxylic acid groups (broad SMARTS) is 1. The normalized spacial score (nSPS) is 21.6. The molecule has 1 fully saturated rings. The molecule has 0 aliphatic heterocycles. The first-order valence-corrected chi connectivity index (χ1v) is 7.30. The molecule has 21 heavy (non-hydrogen) atoms. The van der Waals surface area contributed by atoms with E-state index < -0.39 is 11.9 Å². The third-order valence-electron chi connectivity index (χ3n) is 3.67. The molecule has 0 saturated heterocycles. The molecule has 0 aromatic rings. The molecule has 0 aromatic heterocycles. The third kappa shape index (κ3) is 6.57. The molecule has 7 nitrogen and oxygen atoms in total. The van der Waals surface area contributed by atoms with Crippen LogP contribution in [0.15, 0.2) is 0 Å². The summed E-state index contributed by atoms with van der Waals surface area (Å²) in [6.45, 7) is 1.18. The molecular formula is C14H24N2O5. The van der Waals surface area contributed by atoms with Gasteiger partial charge in [-0.2, -0.15) is 0 Å². The van der Waals surface area contributed by atoms with Gasteiger partial charge in [0.2, 0.25) is 11.8 Å². The van der Waals surface area contributed by atoms with Gasteiger partial charge in [0.1, 0.15) is 0 Å². The smallest absolute Gasteiger partial charge is 0.306 e. The van der Waals surface area contributed by atoms with E-state index in [4.69, 9.17) is 9.84 Å². The van der Waals surface area contributed by atoms with E-state index in [-0.39, 0.29) is 30.7 Å². The summed E-state index contributed by atoms with van der Waals surface area (Å²) < 4.78 is 4.81. The van der Waals surface area contributed by atoms with Crippen LogP contribution in [0.5, 0.6) is 0 Å². The maximum atomic E-state index is 12.0. The van der Waals surface area contributed by atoms with Gasteiger partial charge >= 0.3 is 5.97 Å². The number of ether oxygens (including phenoxy) is 1. The first-order valence-electron chi connectivity index (χ1n) is 7.30. The predicted octanol–water partition coefficient (Wildman–Crippen LogP) is 0.146. The number of carboxylic acids is 1. The molecule has 2 unspecified atom stereocenters. The van der Waals surface area contributed by atoms with E-state index in [0.29, 0.717) is 26.0 Å². The van der Waals surface area contributed by atoms with Crippen molar-refractivity contribution in [2.75, 3.05) is 26.8 Å². The molecule has 0 heterocycles. The van der Waals surface area contributed by atoms with Crippen molar-refractivity contribution in [1.29, 1.82) is 0 Å². The number of nitrogens with one attached hydrogen (secondary N) is 2. The number of hydrogen-bond acceptors (Lipinski definition) is 4. The summed E-state index contributed by atoms with van der Waals surface area (Å²) in [5, 5.41) is 14.4. The molecule has 1 saturated carbocycles. The van der Waals surface area contributed by atoms with Gasteiger partial charge in [-0.3, -0.25) is 14.4 Å². The van der Waals surface area contributed by atoms with Crippen LogP contribution in [0.1, 0.15) is 32.1 Å². The first-order chi connectivity index (χ1) is 10.0. The van der Waals surface area contributed by atoms with Crippen molar-refractivity contribution in [2.24, 2.45) is 11.8 Å². The highest BCUT2D eigenvalue weighted by molar-refractivity contribution is 5.81. The molecule has 120 valence electrons. The van der Waals surface area contributed by atoms with Crippen LogP contribution in [0, 0.1) is 11.8 Å². The molecule has 3 N–H and O–H groups in total. The lowest BCUT2D eigenvalue weighted by atomic mass is 9.81. The van der Waals surface area contributed by atoms with Crippen LogP contribution in [0.3, 0.4) is 0 Å². The van der Waals surface area contributed by atoms with Gasteiger partial charge in [-0.25, -0.2) is 0 Å². The average molecular weight is 300 g/mol. The third-order valence-corrected chi connectivity index (χ3v) is 3.67. The standard InChI is InChI=1S/C14H24N2O5/c1-21-8-7-15-12(17)5-6-16-13(18)10-3-2-4-11(9-10)14(19)20/h10-11H,2-9H2,1H3,(H,15,17)(H,16,18)(H,19,20). The molecule has 1 aliphatic rings. The van der Waals surface area contributed by atoms with Crippen molar-refractivity contribution in [3.05, 3.63) is 0 Å². The van der Waals surface area contributed by atoms with E-state index in [1.54, 1.807) is 7.11 Å². The van der Waals surface area contributed by atoms with E-state index in [9.17, 15) is 14.4 Å². The Morgan fingerprint density at radius 2 is 1.86 bits per heavy atom. The van der Waals surface area contributed by atoms with Crippen LogP contribution in [0.4, 0.5) is 0 Å². The van der Waals surface area contributed by atoms with Gasteiger partial charge in [0.05, 0.1) is 12.5 Å². The van der Waals surface area contributed by atoms with Crippen LogP contribution in [-0.2, 0) is 19.1 Å². The van der Waals surface area contributed by atoms with E-state index in [1.165, 1.54) is 0 Å². The maximum absolute atomic E-state index is 12.0. The summed E-state index contributed by atoms with van der Waals surface area (Å²) in [5.41, 5.74) is 0. The molecular weight excluding hydrogens is 276 g/mol. The number of carbonyl (C=O) groups is 3. The van der Waals surface area contributed by atoms with Crippen molar-refractivity contribution >= 4 is 17.8 Å². The molecule has 2 amide bonds. The molecule has 2 atom stereocenters. The predicted molar refractivity (Wildman–Crippen MR) is 75.6 cm³/mol. The minimum absolute atomic E-state index is 0.139. The Labute approximate surface area is 124 Å². The Kier molecular flexibility index (Phi) is 7.74. The van der Waals surface area contributed by atoms with Crippen molar-refractivity contribution in [1.82, 2.24) is 10.6 Å². The second-order valence-electron chi connectivity index (χ2n) is 5.28. The van der Waals surface area contributed by atoms with Gasteiger partial charge in [0.25, 0.3) is 0 Å². The minimum Gasteiger partial charge on any atom is -0.481 e. The van der Waals surface area contributed by atoms with E-state index in [2.05, 4.69) is 10.6 Å². The fraction of sp³-hybridized carbons (Fsp3) is 0.786. The SMILES string of the molecule is COCCNC(=O)CCNC(=O)C1CCCC(C(=O)O)C1. The fourth-order valence-electron chi connectivity index (χ4n) is 2.48. The quantitative estimate of drug-likeness (QED) is 0.553. The molecule has 7 heteroatoms. The van der Waals surface area contributed by atoms with E-state index in [0.717, 1.165) is 12.8 Å². The Hall–Kier alpha value is -1.63. The zero-order chi connectivity index (χ0) is 15.7. The number of carbonyl (C=O) groups excluding carboxylic acids is 2. The highest BCUT2D eigenvalue weighted by atomic mass is 16.5. The summed E-state index contributed by atoms with van der Waals surface area (Å²) in [4.78, 5) is 34.3. The molecule has 0 spiro atoms. The van der Waals surface area contributed by atoms with Crippen LogP contribution in [-0.4, -0.2) is 49.7 Å². The van der Waals surface area contributed by atoms with Crippen molar-refractivity contribution in [3.8, 4) is 0 Å². The lowest BCUT2D eigenvalue weighted by molar-refractivity contribution is -0.144. The van der Waals surface area contributed by atoms with Gasteiger partial charge < -0.3 is 20.5 Å². The largest absolute Gasteiger partial charge is 0.481 e. The Morgan fingerprint density at radius 3 is 2.52 bits per heavy atom. The monoisotopic (exact) mass is 300 g/mol. The number of hydrogen-bond donors (Lipinski definition) is 3. The topological polar surface area (TPSA) is 105 Å². The molecule has 1 rings (SSSR count). The van der Waals surface area contributed by atoms with Crippen molar-refractivity contribution < 1.29 is 24.2 Å². The zero-order valence-electron chi connectivity index (χ0n) is 12.4. The highest BCUT2D eigenvalue weighted by Crippen LogP contribution is 2.29. The van der Waals surface area contributed by atoms with Crippen molar-refractivity contribution in [3.63, 3.8) is 0 Å². The van der Waals surface area contributed by atoms with Crippen LogP contribution < -0.4 is 10.6 Å². The Morgan fingerprint density at radius 1 is 1.14 bits per heavy atom. The van der Waals surface area contributed by atoms with Gasteiger partial charge in [0.15, 0.2) is 0 Å². The van der Waals surface area contributed by atoms with E-state index in [1.807, 2.05) is 0 Å². The molecule has 1 aliphatic carbocycles. The number of rotatable bonds is 8. The second kappa shape index (κ2) is 9.33. The highest BCUT2D eigenvalue weighted by Gasteiger charge is 2.30. The molecule has 0 bridgehead atoms. The summed E-state index contributed by atoms with van der Waals surface area (Å²) in [5.74, 6) is -1.79. The van der Waals surface area contributed by atoms with Crippen molar-refractivity contribution in [2.45, 2.75) is 32.1 Å². The summed E-state index contributed by atoms with van der Waals surface area (Å²) in [7, 11) is 1.56. The van der Waals surface area contributed by atoms with Gasteiger partial charge in [-0.15, -0.1) is 0 Å². The lowest BCUT2D eigenvalue weighted by Gasteiger charge is -2.25. The van der Waals surface area contributed by atoms with Gasteiger partial charge in [-0.05, 0) is 19.3 Å². The second-order valence-corrected chi connectivity index (χ2v) is 5.28. The Balaban J connectivity index is 2.21. The number of methoxy groups -OCH3 is 1. The average Bonchev–Trinajstić information content (AvgIpc) is 2.47. The van der Waals surface area contributed by atoms with E-state index >= 15 is 0 Å². The maximum Gasteiger partial charge on any atom is 0.306 e. The molecule has 0 aromatic carbocycles. The summed E-state index contributed by atoms with van der Waals surface area (Å²) in [6.07, 6.45) is 2.72. The van der Waals surface area contributed by atoms with Gasteiger partial charge in [0, 0.05) is 32.5 Å². The number of amides is 2.